The second-order valence-electron chi connectivity index (χ2n) is 4.21. The van der Waals surface area contributed by atoms with Gasteiger partial charge in [-0.3, -0.25) is 14.0 Å². The maximum atomic E-state index is 12.2. The largest absolute Gasteiger partial charge is 0.296 e. The van der Waals surface area contributed by atoms with Gasteiger partial charge in [0.1, 0.15) is 17.0 Å². The van der Waals surface area contributed by atoms with E-state index in [2.05, 4.69) is 15.2 Å². The number of carbonyl (C=O) groups excluding carboxylic acids is 2. The van der Waals surface area contributed by atoms with Crippen molar-refractivity contribution in [3.8, 4) is 11.3 Å². The molecule has 0 amide bonds. The van der Waals surface area contributed by atoms with Crippen LogP contribution in [0.1, 0.15) is 20.8 Å². The Morgan fingerprint density at radius 2 is 1.74 bits per heavy atom. The molecule has 3 aromatic heterocycles. The van der Waals surface area contributed by atoms with Gasteiger partial charge < -0.3 is 0 Å². The summed E-state index contributed by atoms with van der Waals surface area (Å²) in [5.41, 5.74) is 2.22. The number of fused-ring (bicyclic) bond motifs is 5. The fraction of sp³-hybridized carbons (Fsp3) is 0. The number of pyridine rings is 1. The molecule has 3 heterocycles. The predicted octanol–water partition coefficient (Wildman–Crippen LogP) is 1.17. The third kappa shape index (κ3) is 1.17. The lowest BCUT2D eigenvalue weighted by Crippen LogP contribution is -2.22. The topological polar surface area (TPSA) is 77.2 Å². The maximum Gasteiger partial charge on any atom is 0.252 e. The van der Waals surface area contributed by atoms with Crippen LogP contribution in [0.15, 0.2) is 36.8 Å². The van der Waals surface area contributed by atoms with Gasteiger partial charge >= 0.3 is 0 Å². The van der Waals surface area contributed by atoms with Gasteiger partial charge in [-0.15, -0.1) is 0 Å². The summed E-state index contributed by atoms with van der Waals surface area (Å²) in [6, 6.07) is 5.39. The predicted molar refractivity (Wildman–Crippen MR) is 64.9 cm³/mol. The van der Waals surface area contributed by atoms with Crippen molar-refractivity contribution < 1.29 is 9.59 Å². The maximum absolute atomic E-state index is 12.2. The van der Waals surface area contributed by atoms with Crippen molar-refractivity contribution in [2.45, 2.75) is 0 Å². The minimum Gasteiger partial charge on any atom is -0.296 e. The molecule has 0 fully saturated rings. The number of hydrogen-bond acceptors (Lipinski definition) is 5. The van der Waals surface area contributed by atoms with E-state index < -0.39 is 11.6 Å². The van der Waals surface area contributed by atoms with E-state index in [0.717, 1.165) is 0 Å². The molecule has 0 bridgehead atoms. The number of nitrogens with zero attached hydrogens (tertiary/aromatic N) is 4. The Hall–Kier alpha value is -2.89. The number of aromatic nitrogens is 4. The molecule has 90 valence electrons. The summed E-state index contributed by atoms with van der Waals surface area (Å²) in [5, 5.41) is 7.42. The summed E-state index contributed by atoms with van der Waals surface area (Å²) < 4.78 is 1.62. The van der Waals surface area contributed by atoms with Crippen LogP contribution in [0.5, 0.6) is 0 Å². The number of hydrogen-bond donors (Lipinski definition) is 0. The molecule has 6 heteroatoms. The molecular weight excluding hydrogens is 244 g/mol. The minimum absolute atomic E-state index is 0.260. The lowest BCUT2D eigenvalue weighted by Gasteiger charge is -2.11. The van der Waals surface area contributed by atoms with Gasteiger partial charge in [-0.05, 0) is 12.1 Å². The van der Waals surface area contributed by atoms with Crippen molar-refractivity contribution in [3.63, 3.8) is 0 Å². The Balaban J connectivity index is 2.20. The number of rotatable bonds is 0. The number of Topliss-reactive ketones (excluding diaryl/α,β-unsaturated/α-hetero) is 2. The first-order valence-corrected chi connectivity index (χ1v) is 5.64. The molecular formula is C13H6N4O2. The monoisotopic (exact) mass is 250 g/mol. The summed E-state index contributed by atoms with van der Waals surface area (Å²) in [6.07, 6.45) is 4.49. The first-order chi connectivity index (χ1) is 9.27. The summed E-state index contributed by atoms with van der Waals surface area (Å²) >= 11 is 0. The van der Waals surface area contributed by atoms with Gasteiger partial charge in [0, 0.05) is 11.8 Å². The van der Waals surface area contributed by atoms with E-state index in [9.17, 15) is 9.59 Å². The first kappa shape index (κ1) is 10.1. The van der Waals surface area contributed by atoms with Crippen molar-refractivity contribution in [1.29, 1.82) is 0 Å². The van der Waals surface area contributed by atoms with E-state index in [1.165, 1.54) is 12.4 Å². The van der Waals surface area contributed by atoms with E-state index in [1.807, 2.05) is 6.07 Å². The molecule has 6 nitrogen and oxygen atoms in total. The molecule has 0 aliphatic heterocycles. The third-order valence-electron chi connectivity index (χ3n) is 3.18. The van der Waals surface area contributed by atoms with Crippen LogP contribution in [0.3, 0.4) is 0 Å². The molecule has 0 N–H and O–H groups in total. The fourth-order valence-corrected chi connectivity index (χ4v) is 2.32. The zero-order chi connectivity index (χ0) is 13.0. The van der Waals surface area contributed by atoms with Gasteiger partial charge in [0.15, 0.2) is 0 Å². The molecule has 0 unspecified atom stereocenters. The van der Waals surface area contributed by atoms with Gasteiger partial charge in [0.25, 0.3) is 5.78 Å². The Bertz CT molecular complexity index is 866. The molecule has 0 saturated carbocycles. The summed E-state index contributed by atoms with van der Waals surface area (Å²) in [5.74, 6) is -1.13. The zero-order valence-corrected chi connectivity index (χ0v) is 9.57. The highest BCUT2D eigenvalue weighted by molar-refractivity contribution is 6.52. The van der Waals surface area contributed by atoms with E-state index >= 15 is 0 Å². The van der Waals surface area contributed by atoms with Crippen LogP contribution in [-0.4, -0.2) is 31.1 Å². The Labute approximate surface area is 106 Å². The summed E-state index contributed by atoms with van der Waals surface area (Å²) in [7, 11) is 0. The number of ketones is 2. The highest BCUT2D eigenvalue weighted by Crippen LogP contribution is 2.32. The normalized spacial score (nSPS) is 13.5. The minimum atomic E-state index is -0.567. The van der Waals surface area contributed by atoms with Gasteiger partial charge in [-0.1, -0.05) is 6.07 Å². The molecule has 0 atom stereocenters. The molecule has 19 heavy (non-hydrogen) atoms. The van der Waals surface area contributed by atoms with Crippen molar-refractivity contribution in [1.82, 2.24) is 19.6 Å². The van der Waals surface area contributed by atoms with Crippen LogP contribution < -0.4 is 0 Å². The zero-order valence-electron chi connectivity index (χ0n) is 9.57. The van der Waals surface area contributed by atoms with Crippen LogP contribution in [-0.2, 0) is 0 Å². The summed E-state index contributed by atoms with van der Waals surface area (Å²) in [6.45, 7) is 0. The molecule has 0 spiro atoms. The fourth-order valence-electron chi connectivity index (χ4n) is 2.32. The molecule has 0 aromatic carbocycles. The lowest BCUT2D eigenvalue weighted by atomic mass is 9.93. The van der Waals surface area contributed by atoms with Gasteiger partial charge in [-0.25, -0.2) is 4.98 Å². The van der Waals surface area contributed by atoms with E-state index in [4.69, 9.17) is 0 Å². The van der Waals surface area contributed by atoms with Crippen LogP contribution in [0.25, 0.3) is 16.9 Å². The molecule has 3 aromatic rings. The standard InChI is InChI=1S/C13H6N4O2/c18-12-8-6-15-14-5-7(8)10-11(13(12)19)17-4-2-1-3-9(17)16-10/h1-6H. The lowest BCUT2D eigenvalue weighted by molar-refractivity contribution is 0.0811. The molecule has 1 aliphatic carbocycles. The third-order valence-corrected chi connectivity index (χ3v) is 3.18. The Morgan fingerprint density at radius 1 is 0.947 bits per heavy atom. The van der Waals surface area contributed by atoms with Gasteiger partial charge in [-0.2, -0.15) is 10.2 Å². The smallest absolute Gasteiger partial charge is 0.252 e. The van der Waals surface area contributed by atoms with Gasteiger partial charge in [0.05, 0.1) is 18.0 Å². The highest BCUT2D eigenvalue weighted by Gasteiger charge is 2.34. The van der Waals surface area contributed by atoms with Crippen molar-refractivity contribution in [2.24, 2.45) is 0 Å². The SMILES string of the molecule is O=C1C(=O)c2c(nc3ccccn23)-c2cnncc21. The molecule has 1 aliphatic rings. The average molecular weight is 250 g/mol. The molecule has 0 radical (unpaired) electrons. The molecule has 4 rings (SSSR count). The van der Waals surface area contributed by atoms with Crippen molar-refractivity contribution in [2.75, 3.05) is 0 Å². The second kappa shape index (κ2) is 3.32. The van der Waals surface area contributed by atoms with Crippen LogP contribution in [0.4, 0.5) is 0 Å². The van der Waals surface area contributed by atoms with Crippen molar-refractivity contribution >= 4 is 17.2 Å². The molecule has 0 saturated heterocycles. The van der Waals surface area contributed by atoms with E-state index in [1.54, 1.807) is 22.7 Å². The quantitative estimate of drug-likeness (QED) is 0.560. The van der Waals surface area contributed by atoms with Crippen molar-refractivity contribution in [3.05, 3.63) is 48.0 Å². The van der Waals surface area contributed by atoms with Crippen LogP contribution in [0.2, 0.25) is 0 Å². The van der Waals surface area contributed by atoms with E-state index in [0.29, 0.717) is 22.6 Å². The number of carbonyl (C=O) groups is 2. The van der Waals surface area contributed by atoms with E-state index in [-0.39, 0.29) is 5.56 Å². The Kier molecular flexibility index (Phi) is 1.76. The second-order valence-corrected chi connectivity index (χ2v) is 4.21. The first-order valence-electron chi connectivity index (χ1n) is 5.64. The average Bonchev–Trinajstić information content (AvgIpc) is 2.84. The number of imidazole rings is 1. The van der Waals surface area contributed by atoms with Gasteiger partial charge in [0.2, 0.25) is 5.78 Å². The van der Waals surface area contributed by atoms with Crippen LogP contribution >= 0.6 is 0 Å². The Morgan fingerprint density at radius 3 is 2.58 bits per heavy atom. The highest BCUT2D eigenvalue weighted by atomic mass is 16.2. The summed E-state index contributed by atoms with van der Waals surface area (Å²) in [4.78, 5) is 28.7. The van der Waals surface area contributed by atoms with Crippen LogP contribution in [0, 0.1) is 0 Å².